The van der Waals surface area contributed by atoms with Gasteiger partial charge in [-0.1, -0.05) is 37.3 Å². The van der Waals surface area contributed by atoms with E-state index >= 15 is 0 Å². The fraction of sp³-hybridized carbons (Fsp3) is 0.316. The van der Waals surface area contributed by atoms with E-state index in [1.165, 1.54) is 11.1 Å². The molecule has 1 N–H and O–H groups in total. The van der Waals surface area contributed by atoms with Gasteiger partial charge >= 0.3 is 0 Å². The first-order valence-electron chi connectivity index (χ1n) is 8.03. The molecule has 0 saturated carbocycles. The fourth-order valence-corrected chi connectivity index (χ4v) is 2.51. The monoisotopic (exact) mass is 325 g/mol. The van der Waals surface area contributed by atoms with E-state index in [4.69, 9.17) is 0 Å². The summed E-state index contributed by atoms with van der Waals surface area (Å²) in [6.45, 7) is 2.07. The van der Waals surface area contributed by atoms with Gasteiger partial charge in [0.15, 0.2) is 0 Å². The quantitative estimate of drug-likeness (QED) is 0.886. The van der Waals surface area contributed by atoms with Gasteiger partial charge in [0.25, 0.3) is 5.91 Å². The fourth-order valence-electron chi connectivity index (χ4n) is 2.51. The Morgan fingerprint density at radius 1 is 1.17 bits per heavy atom. The second kappa shape index (κ2) is 8.24. The first kappa shape index (κ1) is 17.7. The average molecular weight is 325 g/mol. The number of carbonyl (C=O) groups is 2. The highest BCUT2D eigenvalue weighted by atomic mass is 16.2. The number of hydrogen-bond donors (Lipinski definition) is 1. The SMILES string of the molecule is CC[C@@H](CC(=O)Nc1ccnc(C(=O)N(C)C)c1)c1ccccc1. The van der Waals surface area contributed by atoms with Gasteiger partial charge in [0.1, 0.15) is 5.69 Å². The molecule has 0 spiro atoms. The Kier molecular flexibility index (Phi) is 6.07. The lowest BCUT2D eigenvalue weighted by atomic mass is 9.93. The zero-order valence-electron chi connectivity index (χ0n) is 14.3. The summed E-state index contributed by atoms with van der Waals surface area (Å²) in [6, 6.07) is 13.3. The summed E-state index contributed by atoms with van der Waals surface area (Å²) in [6.07, 6.45) is 2.82. The van der Waals surface area contributed by atoms with E-state index in [2.05, 4.69) is 17.2 Å². The normalized spacial score (nSPS) is 11.6. The number of anilines is 1. The van der Waals surface area contributed by atoms with Crippen molar-refractivity contribution < 1.29 is 9.59 Å². The Hall–Kier alpha value is -2.69. The largest absolute Gasteiger partial charge is 0.343 e. The summed E-state index contributed by atoms with van der Waals surface area (Å²) in [7, 11) is 3.34. The molecule has 0 aliphatic carbocycles. The maximum atomic E-state index is 12.3. The van der Waals surface area contributed by atoms with Gasteiger partial charge in [-0.3, -0.25) is 14.6 Å². The van der Waals surface area contributed by atoms with Gasteiger partial charge in [-0.15, -0.1) is 0 Å². The predicted octanol–water partition coefficient (Wildman–Crippen LogP) is 3.31. The molecular formula is C19H23N3O2. The van der Waals surface area contributed by atoms with Crippen LogP contribution in [0.15, 0.2) is 48.7 Å². The number of carbonyl (C=O) groups excluding carboxylic acids is 2. The van der Waals surface area contributed by atoms with Crippen LogP contribution >= 0.6 is 0 Å². The minimum absolute atomic E-state index is 0.0693. The number of benzene rings is 1. The molecule has 0 aliphatic heterocycles. The lowest BCUT2D eigenvalue weighted by molar-refractivity contribution is -0.116. The molecule has 24 heavy (non-hydrogen) atoms. The van der Waals surface area contributed by atoms with Crippen LogP contribution in [-0.4, -0.2) is 35.8 Å². The van der Waals surface area contributed by atoms with Crippen LogP contribution in [0.25, 0.3) is 0 Å². The molecule has 1 aromatic heterocycles. The van der Waals surface area contributed by atoms with Crippen molar-refractivity contribution in [3.63, 3.8) is 0 Å². The molecule has 5 heteroatoms. The number of aromatic nitrogens is 1. The molecule has 2 aromatic rings. The van der Waals surface area contributed by atoms with Crippen LogP contribution in [-0.2, 0) is 4.79 Å². The van der Waals surface area contributed by atoms with Crippen LogP contribution in [0.3, 0.4) is 0 Å². The molecule has 1 heterocycles. The van der Waals surface area contributed by atoms with Crippen molar-refractivity contribution in [3.05, 3.63) is 59.9 Å². The molecule has 0 aliphatic rings. The van der Waals surface area contributed by atoms with Crippen LogP contribution in [0.4, 0.5) is 5.69 Å². The molecule has 2 amide bonds. The lowest BCUT2D eigenvalue weighted by Crippen LogP contribution is -2.23. The van der Waals surface area contributed by atoms with Crippen LogP contribution in [0.2, 0.25) is 0 Å². The molecule has 1 atom stereocenters. The molecule has 1 aromatic carbocycles. The molecular weight excluding hydrogens is 302 g/mol. The summed E-state index contributed by atoms with van der Waals surface area (Å²) in [5, 5.41) is 2.86. The highest BCUT2D eigenvalue weighted by Crippen LogP contribution is 2.23. The van der Waals surface area contributed by atoms with Gasteiger partial charge in [0.2, 0.25) is 5.91 Å². The Labute approximate surface area is 142 Å². The second-order valence-electron chi connectivity index (χ2n) is 5.90. The van der Waals surface area contributed by atoms with Crippen molar-refractivity contribution in [1.29, 1.82) is 0 Å². The van der Waals surface area contributed by atoms with Crippen molar-refractivity contribution in [3.8, 4) is 0 Å². The van der Waals surface area contributed by atoms with Crippen LogP contribution in [0.1, 0.15) is 41.7 Å². The Balaban J connectivity index is 2.04. The number of rotatable bonds is 6. The minimum Gasteiger partial charge on any atom is -0.343 e. The smallest absolute Gasteiger partial charge is 0.272 e. The van der Waals surface area contributed by atoms with Crippen molar-refractivity contribution in [1.82, 2.24) is 9.88 Å². The van der Waals surface area contributed by atoms with Crippen LogP contribution < -0.4 is 5.32 Å². The van der Waals surface area contributed by atoms with Gasteiger partial charge in [-0.25, -0.2) is 0 Å². The highest BCUT2D eigenvalue weighted by Gasteiger charge is 2.15. The topological polar surface area (TPSA) is 62.3 Å². The van der Waals surface area contributed by atoms with Crippen LogP contribution in [0, 0.1) is 0 Å². The van der Waals surface area contributed by atoms with Crippen LogP contribution in [0.5, 0.6) is 0 Å². The second-order valence-corrected chi connectivity index (χ2v) is 5.90. The molecule has 126 valence electrons. The predicted molar refractivity (Wildman–Crippen MR) is 95.0 cm³/mol. The summed E-state index contributed by atoms with van der Waals surface area (Å²) >= 11 is 0. The van der Waals surface area contributed by atoms with Gasteiger partial charge in [-0.05, 0) is 30.0 Å². The van der Waals surface area contributed by atoms with E-state index in [1.807, 2.05) is 30.3 Å². The van der Waals surface area contributed by atoms with Crippen molar-refractivity contribution >= 4 is 17.5 Å². The molecule has 5 nitrogen and oxygen atoms in total. The number of nitrogens with zero attached hydrogens (tertiary/aromatic N) is 2. The third-order valence-electron chi connectivity index (χ3n) is 3.86. The Morgan fingerprint density at radius 3 is 2.50 bits per heavy atom. The lowest BCUT2D eigenvalue weighted by Gasteiger charge is -2.15. The third kappa shape index (κ3) is 4.65. The molecule has 0 saturated heterocycles. The van der Waals surface area contributed by atoms with Gasteiger partial charge in [-0.2, -0.15) is 0 Å². The summed E-state index contributed by atoms with van der Waals surface area (Å²) in [4.78, 5) is 29.8. The zero-order chi connectivity index (χ0) is 17.5. The molecule has 0 fully saturated rings. The number of amides is 2. The van der Waals surface area contributed by atoms with E-state index in [1.54, 1.807) is 26.2 Å². The zero-order valence-corrected chi connectivity index (χ0v) is 14.3. The molecule has 0 radical (unpaired) electrons. The van der Waals surface area contributed by atoms with E-state index < -0.39 is 0 Å². The summed E-state index contributed by atoms with van der Waals surface area (Å²) < 4.78 is 0. The maximum absolute atomic E-state index is 12.3. The first-order valence-corrected chi connectivity index (χ1v) is 8.03. The summed E-state index contributed by atoms with van der Waals surface area (Å²) in [5.74, 6) is -0.0853. The summed E-state index contributed by atoms with van der Waals surface area (Å²) in [5.41, 5.74) is 2.06. The number of hydrogen-bond acceptors (Lipinski definition) is 3. The van der Waals surface area contributed by atoms with E-state index in [0.717, 1.165) is 12.0 Å². The van der Waals surface area contributed by atoms with E-state index in [0.29, 0.717) is 17.8 Å². The molecule has 2 rings (SSSR count). The Morgan fingerprint density at radius 2 is 1.88 bits per heavy atom. The van der Waals surface area contributed by atoms with Gasteiger partial charge in [0, 0.05) is 32.4 Å². The minimum atomic E-state index is -0.193. The molecule has 0 unspecified atom stereocenters. The third-order valence-corrected chi connectivity index (χ3v) is 3.86. The van der Waals surface area contributed by atoms with Crippen molar-refractivity contribution in [2.45, 2.75) is 25.7 Å². The maximum Gasteiger partial charge on any atom is 0.272 e. The first-order chi connectivity index (χ1) is 11.5. The standard InChI is InChI=1S/C19H23N3O2/c1-4-14(15-8-6-5-7-9-15)12-18(23)21-16-10-11-20-17(13-16)19(24)22(2)3/h5-11,13-14H,4,12H2,1-3H3,(H,20,21,23)/t14-/m0/s1. The van der Waals surface area contributed by atoms with Gasteiger partial charge in [0.05, 0.1) is 0 Å². The van der Waals surface area contributed by atoms with Crippen molar-refractivity contribution in [2.24, 2.45) is 0 Å². The van der Waals surface area contributed by atoms with E-state index in [9.17, 15) is 9.59 Å². The van der Waals surface area contributed by atoms with Gasteiger partial charge < -0.3 is 10.2 Å². The van der Waals surface area contributed by atoms with Crippen molar-refractivity contribution in [2.75, 3.05) is 19.4 Å². The molecule has 0 bridgehead atoms. The Bertz CT molecular complexity index is 699. The highest BCUT2D eigenvalue weighted by molar-refractivity contribution is 5.95. The number of nitrogens with one attached hydrogen (secondary N) is 1. The van der Waals surface area contributed by atoms with E-state index in [-0.39, 0.29) is 17.7 Å². The average Bonchev–Trinajstić information content (AvgIpc) is 2.59. The number of pyridine rings is 1.